The van der Waals surface area contributed by atoms with Crippen molar-refractivity contribution in [2.45, 2.75) is 0 Å². The van der Waals surface area contributed by atoms with Crippen LogP contribution in [0.5, 0.6) is 5.75 Å². The number of furan rings is 1. The molecule has 0 aliphatic heterocycles. The van der Waals surface area contributed by atoms with Crippen LogP contribution in [0.4, 0.5) is 5.69 Å². The van der Waals surface area contributed by atoms with Crippen molar-refractivity contribution >= 4 is 55.6 Å². The van der Waals surface area contributed by atoms with E-state index >= 15 is 0 Å². The molecule has 1 N–H and O–H groups in total. The summed E-state index contributed by atoms with van der Waals surface area (Å²) in [6, 6.07) is 31.0. The number of fused-ring (bicyclic) bond motifs is 2. The molecule has 0 spiro atoms. The number of para-hydroxylation sites is 3. The lowest BCUT2D eigenvalue weighted by Gasteiger charge is -2.10. The van der Waals surface area contributed by atoms with E-state index in [0.29, 0.717) is 49.5 Å². The molecular weight excluding hydrogens is 572 g/mol. The van der Waals surface area contributed by atoms with Gasteiger partial charge >= 0.3 is 0 Å². The smallest absolute Gasteiger partial charge is 0.282 e. The number of aromatic nitrogens is 2. The quantitative estimate of drug-likeness (QED) is 0.214. The van der Waals surface area contributed by atoms with Crippen molar-refractivity contribution in [1.82, 2.24) is 9.66 Å². The number of ether oxygens (including phenoxy) is 1. The van der Waals surface area contributed by atoms with Crippen molar-refractivity contribution in [3.8, 4) is 17.3 Å². The zero-order chi connectivity index (χ0) is 27.5. The molecule has 8 nitrogen and oxygen atoms in total. The van der Waals surface area contributed by atoms with E-state index in [9.17, 15) is 9.59 Å². The SMILES string of the molecule is O=C(COc1ccc(C=Nn2c(-c3cc4ccccc4o3)nc3ccccc3c2=O)cc1Br)Nc1ccccc1. The van der Waals surface area contributed by atoms with Gasteiger partial charge in [-0.3, -0.25) is 9.59 Å². The Morgan fingerprint density at radius 3 is 2.58 bits per heavy atom. The summed E-state index contributed by atoms with van der Waals surface area (Å²) < 4.78 is 13.6. The minimum Gasteiger partial charge on any atom is -0.483 e. The predicted molar refractivity (Wildman–Crippen MR) is 159 cm³/mol. The third-order valence-electron chi connectivity index (χ3n) is 6.09. The van der Waals surface area contributed by atoms with Gasteiger partial charge in [0.2, 0.25) is 5.82 Å². The van der Waals surface area contributed by atoms with E-state index in [4.69, 9.17) is 14.1 Å². The zero-order valence-corrected chi connectivity index (χ0v) is 22.5. The molecule has 0 unspecified atom stereocenters. The Morgan fingerprint density at radius 1 is 0.975 bits per heavy atom. The summed E-state index contributed by atoms with van der Waals surface area (Å²) >= 11 is 3.49. The van der Waals surface area contributed by atoms with E-state index in [1.54, 1.807) is 54.7 Å². The number of amides is 1. The highest BCUT2D eigenvalue weighted by atomic mass is 79.9. The molecule has 196 valence electrons. The summed E-state index contributed by atoms with van der Waals surface area (Å²) in [7, 11) is 0. The van der Waals surface area contributed by atoms with Gasteiger partial charge in [-0.1, -0.05) is 48.5 Å². The topological polar surface area (TPSA) is 98.7 Å². The van der Waals surface area contributed by atoms with E-state index in [1.165, 1.54) is 4.68 Å². The Morgan fingerprint density at radius 2 is 1.75 bits per heavy atom. The van der Waals surface area contributed by atoms with Crippen molar-refractivity contribution in [3.63, 3.8) is 0 Å². The van der Waals surface area contributed by atoms with Gasteiger partial charge in [-0.2, -0.15) is 9.78 Å². The number of nitrogens with zero attached hydrogens (tertiary/aromatic N) is 3. The lowest BCUT2D eigenvalue weighted by molar-refractivity contribution is -0.118. The molecule has 6 aromatic rings. The number of rotatable bonds is 7. The Bertz CT molecular complexity index is 1910. The van der Waals surface area contributed by atoms with Crippen LogP contribution in [-0.4, -0.2) is 28.4 Å². The normalized spacial score (nSPS) is 11.3. The number of carbonyl (C=O) groups excluding carboxylic acids is 1. The fourth-order valence-corrected chi connectivity index (χ4v) is 4.69. The van der Waals surface area contributed by atoms with Crippen LogP contribution in [0.15, 0.2) is 122 Å². The first-order chi connectivity index (χ1) is 19.5. The molecule has 0 bridgehead atoms. The monoisotopic (exact) mass is 592 g/mol. The zero-order valence-electron chi connectivity index (χ0n) is 21.0. The second-order valence-electron chi connectivity index (χ2n) is 8.86. The average molecular weight is 593 g/mol. The highest BCUT2D eigenvalue weighted by molar-refractivity contribution is 9.10. The van der Waals surface area contributed by atoms with Gasteiger partial charge in [0.25, 0.3) is 11.5 Å². The van der Waals surface area contributed by atoms with Crippen LogP contribution in [0.1, 0.15) is 5.56 Å². The van der Waals surface area contributed by atoms with Gasteiger partial charge in [0.1, 0.15) is 11.3 Å². The van der Waals surface area contributed by atoms with Gasteiger partial charge < -0.3 is 14.5 Å². The van der Waals surface area contributed by atoms with Crippen LogP contribution in [0, 0.1) is 0 Å². The minimum atomic E-state index is -0.319. The molecule has 9 heteroatoms. The van der Waals surface area contributed by atoms with Crippen molar-refractivity contribution in [1.29, 1.82) is 0 Å². The first kappa shape index (κ1) is 25.3. The van der Waals surface area contributed by atoms with E-state index in [2.05, 4.69) is 26.3 Å². The molecule has 0 saturated heterocycles. The van der Waals surface area contributed by atoms with Crippen LogP contribution < -0.4 is 15.6 Å². The third kappa shape index (κ3) is 5.27. The molecule has 0 aliphatic carbocycles. The van der Waals surface area contributed by atoms with Crippen molar-refractivity contribution in [2.24, 2.45) is 5.10 Å². The molecule has 0 atom stereocenters. The highest BCUT2D eigenvalue weighted by Crippen LogP contribution is 2.28. The summed E-state index contributed by atoms with van der Waals surface area (Å²) in [6.45, 7) is -0.153. The summed E-state index contributed by atoms with van der Waals surface area (Å²) in [5.74, 6) is 0.942. The number of carbonyl (C=O) groups is 1. The predicted octanol–water partition coefficient (Wildman–Crippen LogP) is 6.47. The molecule has 1 amide bonds. The standard InChI is InChI=1S/C31H21BrN4O4/c32-24-16-20(14-15-27(24)39-19-29(37)34-22-9-2-1-3-10-22)18-33-36-30(28-17-21-8-4-7-13-26(21)40-28)35-25-12-6-5-11-23(25)31(36)38/h1-18H,19H2,(H,34,37). The summed E-state index contributed by atoms with van der Waals surface area (Å²) in [4.78, 5) is 30.4. The highest BCUT2D eigenvalue weighted by Gasteiger charge is 2.16. The lowest BCUT2D eigenvalue weighted by atomic mass is 10.2. The number of hydrogen-bond donors (Lipinski definition) is 1. The fourth-order valence-electron chi connectivity index (χ4n) is 4.18. The molecule has 0 aliphatic rings. The van der Waals surface area contributed by atoms with Crippen LogP contribution in [0.25, 0.3) is 33.5 Å². The Kier molecular flexibility index (Phi) is 6.95. The van der Waals surface area contributed by atoms with Gasteiger partial charge in [-0.05, 0) is 76.1 Å². The number of benzene rings is 4. The second-order valence-corrected chi connectivity index (χ2v) is 9.71. The molecule has 6 rings (SSSR count). The van der Waals surface area contributed by atoms with Gasteiger partial charge in [0.05, 0.1) is 21.6 Å². The molecule has 0 fully saturated rings. The molecule has 4 aromatic carbocycles. The Labute approximate surface area is 236 Å². The van der Waals surface area contributed by atoms with Gasteiger partial charge in [-0.25, -0.2) is 4.98 Å². The van der Waals surface area contributed by atoms with Gasteiger partial charge in [0.15, 0.2) is 12.4 Å². The van der Waals surface area contributed by atoms with Gasteiger partial charge in [-0.15, -0.1) is 0 Å². The average Bonchev–Trinajstić information content (AvgIpc) is 3.41. The first-order valence-electron chi connectivity index (χ1n) is 12.4. The Hall–Kier alpha value is -5.02. The molecular formula is C31H21BrN4O4. The van der Waals surface area contributed by atoms with Crippen molar-refractivity contribution in [2.75, 3.05) is 11.9 Å². The van der Waals surface area contributed by atoms with E-state index in [1.807, 2.05) is 54.6 Å². The summed E-state index contributed by atoms with van der Waals surface area (Å²) in [5, 5.41) is 8.61. The maximum Gasteiger partial charge on any atom is 0.282 e. The third-order valence-corrected chi connectivity index (χ3v) is 6.71. The summed E-state index contributed by atoms with van der Waals surface area (Å²) in [6.07, 6.45) is 1.56. The number of nitrogens with one attached hydrogen (secondary N) is 1. The molecule has 0 saturated carbocycles. The van der Waals surface area contributed by atoms with Crippen molar-refractivity contribution < 1.29 is 13.9 Å². The van der Waals surface area contributed by atoms with Crippen LogP contribution in [-0.2, 0) is 4.79 Å². The fraction of sp³-hybridized carbons (Fsp3) is 0.0323. The van der Waals surface area contributed by atoms with Gasteiger partial charge in [0, 0.05) is 11.1 Å². The number of hydrogen-bond acceptors (Lipinski definition) is 6. The maximum atomic E-state index is 13.5. The van der Waals surface area contributed by atoms with Crippen molar-refractivity contribution in [3.05, 3.63) is 124 Å². The van der Waals surface area contributed by atoms with Crippen LogP contribution in [0.2, 0.25) is 0 Å². The molecule has 2 aromatic heterocycles. The van der Waals surface area contributed by atoms with E-state index < -0.39 is 0 Å². The second kappa shape index (κ2) is 11.0. The Balaban J connectivity index is 1.27. The first-order valence-corrected chi connectivity index (χ1v) is 13.2. The van der Waals surface area contributed by atoms with Crippen LogP contribution in [0.3, 0.4) is 0 Å². The number of halogens is 1. The summed E-state index contributed by atoms with van der Waals surface area (Å²) in [5.41, 5.74) is 2.31. The lowest BCUT2D eigenvalue weighted by Crippen LogP contribution is -2.20. The maximum absolute atomic E-state index is 13.5. The molecule has 0 radical (unpaired) electrons. The van der Waals surface area contributed by atoms with Crippen LogP contribution >= 0.6 is 15.9 Å². The largest absolute Gasteiger partial charge is 0.483 e. The molecule has 2 heterocycles. The van der Waals surface area contributed by atoms with E-state index in [0.717, 1.165) is 5.39 Å². The number of anilines is 1. The van der Waals surface area contributed by atoms with E-state index in [-0.39, 0.29) is 18.1 Å². The minimum absolute atomic E-state index is 0.153. The molecule has 40 heavy (non-hydrogen) atoms.